The van der Waals surface area contributed by atoms with Crippen molar-refractivity contribution in [3.8, 4) is 17.1 Å². The van der Waals surface area contributed by atoms with Crippen molar-refractivity contribution in [1.82, 2.24) is 29.4 Å². The zero-order valence-corrected chi connectivity index (χ0v) is 21.9. The number of H-pyrrole nitrogens is 1. The van der Waals surface area contributed by atoms with Crippen molar-refractivity contribution in [2.75, 3.05) is 46.0 Å². The first kappa shape index (κ1) is 26.3. The van der Waals surface area contributed by atoms with Crippen LogP contribution in [0.25, 0.3) is 22.4 Å². The van der Waals surface area contributed by atoms with Gasteiger partial charge in [-0.2, -0.15) is 5.10 Å². The maximum absolute atomic E-state index is 13.1. The van der Waals surface area contributed by atoms with Crippen LogP contribution in [0, 0.1) is 0 Å². The lowest BCUT2D eigenvalue weighted by Crippen LogP contribution is -2.38. The molecule has 2 aromatic heterocycles. The van der Waals surface area contributed by atoms with Gasteiger partial charge in [-0.15, -0.1) is 0 Å². The van der Waals surface area contributed by atoms with E-state index in [9.17, 15) is 13.2 Å². The first-order chi connectivity index (χ1) is 17.3. The van der Waals surface area contributed by atoms with Crippen molar-refractivity contribution < 1.29 is 17.9 Å². The molecular weight excluding hydrogens is 484 g/mol. The quantitative estimate of drug-likeness (QED) is 0.367. The Morgan fingerprint density at radius 2 is 2.00 bits per heavy atom. The van der Waals surface area contributed by atoms with Gasteiger partial charge in [-0.3, -0.25) is 14.4 Å². The van der Waals surface area contributed by atoms with Crippen LogP contribution in [0.5, 0.6) is 5.75 Å². The zero-order chi connectivity index (χ0) is 25.7. The average molecular weight is 519 g/mol. The number of rotatable bonds is 11. The van der Waals surface area contributed by atoms with Gasteiger partial charge in [0.15, 0.2) is 5.52 Å². The van der Waals surface area contributed by atoms with E-state index < -0.39 is 10.0 Å². The Morgan fingerprint density at radius 1 is 1.22 bits per heavy atom. The number of morpholine rings is 1. The smallest absolute Gasteiger partial charge is 0.277 e. The van der Waals surface area contributed by atoms with Gasteiger partial charge < -0.3 is 14.5 Å². The van der Waals surface area contributed by atoms with Crippen LogP contribution in [0.3, 0.4) is 0 Å². The molecule has 196 valence electrons. The van der Waals surface area contributed by atoms with Gasteiger partial charge in [-0.1, -0.05) is 13.3 Å². The molecule has 2 N–H and O–H groups in total. The van der Waals surface area contributed by atoms with E-state index in [2.05, 4.69) is 24.7 Å². The van der Waals surface area contributed by atoms with Gasteiger partial charge >= 0.3 is 0 Å². The number of aromatic amines is 1. The summed E-state index contributed by atoms with van der Waals surface area (Å²) in [6.07, 6.45) is 2.22. The van der Waals surface area contributed by atoms with E-state index in [4.69, 9.17) is 9.47 Å². The van der Waals surface area contributed by atoms with Gasteiger partial charge in [0.05, 0.1) is 36.0 Å². The third-order valence-corrected chi connectivity index (χ3v) is 7.57. The molecule has 3 aromatic rings. The van der Waals surface area contributed by atoms with Crippen molar-refractivity contribution in [3.05, 3.63) is 34.2 Å². The van der Waals surface area contributed by atoms with E-state index in [1.54, 1.807) is 13.1 Å². The SMILES string of the molecule is CCCc1nn(C)c2c(=O)[nH]c(-c3cc(S(=O)(=O)NCCCN4CCOCC4)ccc3OCC)nc12. The predicted octanol–water partition coefficient (Wildman–Crippen LogP) is 1.68. The molecular formula is C24H34N6O5S. The minimum atomic E-state index is -3.78. The van der Waals surface area contributed by atoms with Crippen molar-refractivity contribution in [1.29, 1.82) is 0 Å². The third kappa shape index (κ3) is 5.77. The Kier molecular flexibility index (Phi) is 8.39. The number of hydrogen-bond donors (Lipinski definition) is 2. The van der Waals surface area contributed by atoms with Crippen LogP contribution in [0.1, 0.15) is 32.4 Å². The van der Waals surface area contributed by atoms with Gasteiger partial charge in [0, 0.05) is 26.7 Å². The molecule has 1 fully saturated rings. The number of benzene rings is 1. The second-order valence-corrected chi connectivity index (χ2v) is 10.5. The topological polar surface area (TPSA) is 131 Å². The maximum Gasteiger partial charge on any atom is 0.277 e. The molecule has 0 spiro atoms. The minimum absolute atomic E-state index is 0.0787. The summed E-state index contributed by atoms with van der Waals surface area (Å²) in [5, 5.41) is 4.45. The number of nitrogens with zero attached hydrogens (tertiary/aromatic N) is 4. The van der Waals surface area contributed by atoms with E-state index in [0.29, 0.717) is 61.6 Å². The second kappa shape index (κ2) is 11.5. The summed E-state index contributed by atoms with van der Waals surface area (Å²) in [6, 6.07) is 4.60. The van der Waals surface area contributed by atoms with E-state index in [1.165, 1.54) is 16.8 Å². The van der Waals surface area contributed by atoms with Gasteiger partial charge in [-0.25, -0.2) is 18.1 Å². The molecule has 0 amide bonds. The summed E-state index contributed by atoms with van der Waals surface area (Å²) < 4.78 is 41.4. The van der Waals surface area contributed by atoms with Crippen molar-refractivity contribution in [2.45, 2.75) is 38.0 Å². The van der Waals surface area contributed by atoms with E-state index >= 15 is 0 Å². The lowest BCUT2D eigenvalue weighted by atomic mass is 10.1. The standard InChI is InChI=1S/C24H34N6O5S/c1-4-7-19-21-22(29(3)28-19)24(31)27-23(26-21)18-16-17(8-9-20(18)35-5-2)36(32,33)25-10-6-11-30-12-14-34-15-13-30/h8-9,16,25H,4-7,10-15H2,1-3H3,(H,26,27,31). The molecule has 11 nitrogen and oxygen atoms in total. The highest BCUT2D eigenvalue weighted by Gasteiger charge is 2.21. The highest BCUT2D eigenvalue weighted by Crippen LogP contribution is 2.31. The summed E-state index contributed by atoms with van der Waals surface area (Å²) in [4.78, 5) is 22.7. The molecule has 0 radical (unpaired) electrons. The summed E-state index contributed by atoms with van der Waals surface area (Å²) in [5.74, 6) is 0.679. The van der Waals surface area contributed by atoms with Crippen LogP contribution in [0.15, 0.2) is 27.9 Å². The Morgan fingerprint density at radius 3 is 2.72 bits per heavy atom. The molecule has 12 heteroatoms. The zero-order valence-electron chi connectivity index (χ0n) is 21.0. The number of hydrogen-bond acceptors (Lipinski definition) is 8. The third-order valence-electron chi connectivity index (χ3n) is 6.11. The molecule has 3 heterocycles. The van der Waals surface area contributed by atoms with E-state index in [1.807, 2.05) is 13.8 Å². The summed E-state index contributed by atoms with van der Waals surface area (Å²) in [6.45, 7) is 8.51. The molecule has 1 saturated heterocycles. The monoisotopic (exact) mass is 518 g/mol. The summed E-state index contributed by atoms with van der Waals surface area (Å²) in [7, 11) is -2.07. The lowest BCUT2D eigenvalue weighted by Gasteiger charge is -2.26. The average Bonchev–Trinajstić information content (AvgIpc) is 3.18. The molecule has 1 aliphatic heterocycles. The first-order valence-corrected chi connectivity index (χ1v) is 13.8. The minimum Gasteiger partial charge on any atom is -0.493 e. The van der Waals surface area contributed by atoms with E-state index in [0.717, 1.165) is 31.7 Å². The molecule has 0 saturated carbocycles. The van der Waals surface area contributed by atoms with Crippen LogP contribution in [-0.4, -0.2) is 79.1 Å². The maximum atomic E-state index is 13.1. The van der Waals surface area contributed by atoms with Gasteiger partial charge in [0.25, 0.3) is 5.56 Å². The van der Waals surface area contributed by atoms with Gasteiger partial charge in [0.1, 0.15) is 17.1 Å². The predicted molar refractivity (Wildman–Crippen MR) is 137 cm³/mol. The number of aryl methyl sites for hydroxylation is 2. The molecule has 36 heavy (non-hydrogen) atoms. The first-order valence-electron chi connectivity index (χ1n) is 12.4. The molecule has 4 rings (SSSR count). The molecule has 0 atom stereocenters. The molecule has 1 aromatic carbocycles. The van der Waals surface area contributed by atoms with Crippen molar-refractivity contribution in [3.63, 3.8) is 0 Å². The summed E-state index contributed by atoms with van der Waals surface area (Å²) in [5.41, 5.74) is 1.68. The van der Waals surface area contributed by atoms with Crippen molar-refractivity contribution in [2.24, 2.45) is 7.05 Å². The second-order valence-electron chi connectivity index (χ2n) is 8.73. The Hall–Kier alpha value is -2.80. The fourth-order valence-corrected chi connectivity index (χ4v) is 5.44. The summed E-state index contributed by atoms with van der Waals surface area (Å²) >= 11 is 0. The lowest BCUT2D eigenvalue weighted by molar-refractivity contribution is 0.0376. The van der Waals surface area contributed by atoms with E-state index in [-0.39, 0.29) is 16.3 Å². The number of ether oxygens (including phenoxy) is 2. The highest BCUT2D eigenvalue weighted by atomic mass is 32.2. The highest BCUT2D eigenvalue weighted by molar-refractivity contribution is 7.89. The van der Waals surface area contributed by atoms with Crippen LogP contribution in [0.2, 0.25) is 0 Å². The Balaban J connectivity index is 1.62. The van der Waals surface area contributed by atoms with Crippen molar-refractivity contribution >= 4 is 21.1 Å². The van der Waals surface area contributed by atoms with Crippen LogP contribution >= 0.6 is 0 Å². The molecule has 0 bridgehead atoms. The largest absolute Gasteiger partial charge is 0.493 e. The normalized spacial score (nSPS) is 15.0. The molecule has 1 aliphatic rings. The van der Waals surface area contributed by atoms with Crippen LogP contribution < -0.4 is 15.0 Å². The fraction of sp³-hybridized carbons (Fsp3) is 0.542. The van der Waals surface area contributed by atoms with Gasteiger partial charge in [-0.05, 0) is 44.5 Å². The van der Waals surface area contributed by atoms with Crippen LogP contribution in [0.4, 0.5) is 0 Å². The van der Waals surface area contributed by atoms with Crippen LogP contribution in [-0.2, 0) is 28.2 Å². The Labute approximate surface area is 210 Å². The number of sulfonamides is 1. The Bertz CT molecular complexity index is 1360. The molecule has 0 aliphatic carbocycles. The molecule has 0 unspecified atom stereocenters. The fourth-order valence-electron chi connectivity index (χ4n) is 4.34. The van der Waals surface area contributed by atoms with Gasteiger partial charge in [0.2, 0.25) is 10.0 Å². The number of nitrogens with one attached hydrogen (secondary N) is 2. The number of aromatic nitrogens is 4. The number of fused-ring (bicyclic) bond motifs is 1.